The molecule has 0 aromatic rings. The van der Waals surface area contributed by atoms with E-state index in [1.807, 2.05) is 0 Å². The predicted molar refractivity (Wildman–Crippen MR) is 64.7 cm³/mol. The van der Waals surface area contributed by atoms with Gasteiger partial charge in [0.15, 0.2) is 0 Å². The van der Waals surface area contributed by atoms with Crippen molar-refractivity contribution in [1.82, 2.24) is 5.32 Å². The zero-order valence-electron chi connectivity index (χ0n) is 11.1. The first-order chi connectivity index (χ1) is 6.81. The van der Waals surface area contributed by atoms with Crippen molar-refractivity contribution < 1.29 is 9.90 Å². The molecule has 0 unspecified atom stereocenters. The molecule has 0 radical (unpaired) electrons. The highest BCUT2D eigenvalue weighted by atomic mass is 16.3. The van der Waals surface area contributed by atoms with Gasteiger partial charge in [-0.25, -0.2) is 0 Å². The number of hydrogen-bond acceptors (Lipinski definition) is 2. The maximum absolute atomic E-state index is 10.8. The van der Waals surface area contributed by atoms with Crippen molar-refractivity contribution in [3.05, 3.63) is 0 Å². The van der Waals surface area contributed by atoms with Gasteiger partial charge in [-0.05, 0) is 19.8 Å². The molecule has 0 bridgehead atoms. The van der Waals surface area contributed by atoms with E-state index in [1.54, 1.807) is 20.9 Å². The zero-order chi connectivity index (χ0) is 12.5. The van der Waals surface area contributed by atoms with Gasteiger partial charge in [0.2, 0.25) is 5.91 Å². The highest BCUT2D eigenvalue weighted by Gasteiger charge is 2.24. The fraction of sp³-hybridized carbons (Fsp3) is 0.917. The standard InChI is InChI=1S/C6H13NO2.C6H14/c1-6(2,4-8)5(9)7-3;1-4-5-6(2)3/h8H,4H2,1-3H3,(H,7,9);6H,4-5H2,1-3H3. The lowest BCUT2D eigenvalue weighted by Crippen LogP contribution is -2.37. The molecule has 0 aromatic heterocycles. The fourth-order valence-corrected chi connectivity index (χ4v) is 0.988. The number of carbonyl (C=O) groups is 1. The molecular formula is C12H27NO2. The van der Waals surface area contributed by atoms with Gasteiger partial charge in [-0.2, -0.15) is 0 Å². The Morgan fingerprint density at radius 3 is 1.93 bits per heavy atom. The molecule has 0 aliphatic carbocycles. The molecule has 2 N–H and O–H groups in total. The minimum Gasteiger partial charge on any atom is -0.395 e. The second-order valence-electron chi connectivity index (χ2n) is 4.80. The van der Waals surface area contributed by atoms with Gasteiger partial charge >= 0.3 is 0 Å². The summed E-state index contributed by atoms with van der Waals surface area (Å²) in [6, 6.07) is 0. The lowest BCUT2D eigenvalue weighted by molar-refractivity contribution is -0.130. The van der Waals surface area contributed by atoms with Crippen molar-refractivity contribution in [2.24, 2.45) is 11.3 Å². The largest absolute Gasteiger partial charge is 0.395 e. The first-order valence-corrected chi connectivity index (χ1v) is 5.64. The van der Waals surface area contributed by atoms with E-state index in [1.165, 1.54) is 12.8 Å². The van der Waals surface area contributed by atoms with Crippen LogP contribution in [0.3, 0.4) is 0 Å². The van der Waals surface area contributed by atoms with E-state index in [4.69, 9.17) is 5.11 Å². The summed E-state index contributed by atoms with van der Waals surface area (Å²) >= 11 is 0. The second-order valence-corrected chi connectivity index (χ2v) is 4.80. The average molecular weight is 217 g/mol. The summed E-state index contributed by atoms with van der Waals surface area (Å²) in [4.78, 5) is 10.8. The van der Waals surface area contributed by atoms with E-state index in [2.05, 4.69) is 26.1 Å². The van der Waals surface area contributed by atoms with E-state index >= 15 is 0 Å². The molecule has 15 heavy (non-hydrogen) atoms. The molecule has 3 nitrogen and oxygen atoms in total. The fourth-order valence-electron chi connectivity index (χ4n) is 0.988. The zero-order valence-corrected chi connectivity index (χ0v) is 11.1. The third-order valence-electron chi connectivity index (χ3n) is 2.10. The summed E-state index contributed by atoms with van der Waals surface area (Å²) in [6.07, 6.45) is 2.71. The topological polar surface area (TPSA) is 49.3 Å². The van der Waals surface area contributed by atoms with Crippen LogP contribution in [-0.4, -0.2) is 24.7 Å². The summed E-state index contributed by atoms with van der Waals surface area (Å²) < 4.78 is 0. The van der Waals surface area contributed by atoms with Crippen LogP contribution < -0.4 is 5.32 Å². The van der Waals surface area contributed by atoms with Gasteiger partial charge in [0, 0.05) is 7.05 Å². The van der Waals surface area contributed by atoms with Crippen LogP contribution in [0.15, 0.2) is 0 Å². The summed E-state index contributed by atoms with van der Waals surface area (Å²) in [7, 11) is 1.56. The number of aliphatic hydroxyl groups excluding tert-OH is 1. The van der Waals surface area contributed by atoms with Gasteiger partial charge in [-0.3, -0.25) is 4.79 Å². The Hall–Kier alpha value is -0.570. The van der Waals surface area contributed by atoms with Gasteiger partial charge in [-0.1, -0.05) is 33.6 Å². The molecule has 0 saturated heterocycles. The van der Waals surface area contributed by atoms with Crippen LogP contribution in [0, 0.1) is 11.3 Å². The molecule has 0 aliphatic heterocycles. The molecule has 0 fully saturated rings. The van der Waals surface area contributed by atoms with Gasteiger partial charge in [0.1, 0.15) is 0 Å². The van der Waals surface area contributed by atoms with Crippen LogP contribution in [0.5, 0.6) is 0 Å². The highest BCUT2D eigenvalue weighted by molar-refractivity contribution is 5.81. The van der Waals surface area contributed by atoms with Crippen molar-refractivity contribution >= 4 is 5.91 Å². The van der Waals surface area contributed by atoms with Crippen LogP contribution in [0.1, 0.15) is 47.5 Å². The van der Waals surface area contributed by atoms with Crippen molar-refractivity contribution in [1.29, 1.82) is 0 Å². The normalized spacial score (nSPS) is 10.7. The van der Waals surface area contributed by atoms with Crippen molar-refractivity contribution in [2.75, 3.05) is 13.7 Å². The SMILES string of the molecule is CCCC(C)C.CNC(=O)C(C)(C)CO. The molecule has 0 aromatic carbocycles. The monoisotopic (exact) mass is 217 g/mol. The number of nitrogens with one attached hydrogen (secondary N) is 1. The number of aliphatic hydroxyl groups is 1. The molecule has 0 heterocycles. The van der Waals surface area contributed by atoms with E-state index in [9.17, 15) is 4.79 Å². The number of hydrogen-bond donors (Lipinski definition) is 2. The quantitative estimate of drug-likeness (QED) is 0.758. The van der Waals surface area contributed by atoms with E-state index < -0.39 is 5.41 Å². The van der Waals surface area contributed by atoms with Gasteiger partial charge in [0.05, 0.1) is 12.0 Å². The van der Waals surface area contributed by atoms with Crippen LogP contribution in [0.2, 0.25) is 0 Å². The highest BCUT2D eigenvalue weighted by Crippen LogP contribution is 2.12. The van der Waals surface area contributed by atoms with Crippen molar-refractivity contribution in [3.63, 3.8) is 0 Å². The van der Waals surface area contributed by atoms with Gasteiger partial charge in [-0.15, -0.1) is 0 Å². The van der Waals surface area contributed by atoms with Crippen molar-refractivity contribution in [3.8, 4) is 0 Å². The van der Waals surface area contributed by atoms with E-state index in [0.717, 1.165) is 5.92 Å². The van der Waals surface area contributed by atoms with Crippen LogP contribution in [0.25, 0.3) is 0 Å². The van der Waals surface area contributed by atoms with Gasteiger partial charge < -0.3 is 10.4 Å². The number of rotatable bonds is 4. The number of carbonyl (C=O) groups excluding carboxylic acids is 1. The Labute approximate surface area is 94.3 Å². The minimum atomic E-state index is -0.644. The molecular weight excluding hydrogens is 190 g/mol. The third-order valence-corrected chi connectivity index (χ3v) is 2.10. The molecule has 1 amide bonds. The lowest BCUT2D eigenvalue weighted by atomic mass is 9.94. The van der Waals surface area contributed by atoms with Crippen molar-refractivity contribution in [2.45, 2.75) is 47.5 Å². The van der Waals surface area contributed by atoms with E-state index in [-0.39, 0.29) is 12.5 Å². The Balaban J connectivity index is 0. The lowest BCUT2D eigenvalue weighted by Gasteiger charge is -2.18. The molecule has 0 aliphatic rings. The Morgan fingerprint density at radius 1 is 1.40 bits per heavy atom. The van der Waals surface area contributed by atoms with Crippen LogP contribution in [0.4, 0.5) is 0 Å². The van der Waals surface area contributed by atoms with Gasteiger partial charge in [0.25, 0.3) is 0 Å². The third kappa shape index (κ3) is 9.73. The van der Waals surface area contributed by atoms with E-state index in [0.29, 0.717) is 0 Å². The maximum Gasteiger partial charge on any atom is 0.227 e. The summed E-state index contributed by atoms with van der Waals surface area (Å²) in [5.74, 6) is 0.764. The molecule has 92 valence electrons. The molecule has 0 spiro atoms. The molecule has 3 heteroatoms. The maximum atomic E-state index is 10.8. The predicted octanol–water partition coefficient (Wildman–Crippen LogP) is 2.19. The number of amides is 1. The smallest absolute Gasteiger partial charge is 0.227 e. The first-order valence-electron chi connectivity index (χ1n) is 5.64. The Morgan fingerprint density at radius 2 is 1.87 bits per heavy atom. The molecule has 0 saturated carbocycles. The summed E-state index contributed by atoms with van der Waals surface area (Å²) in [6.45, 7) is 9.98. The average Bonchev–Trinajstić information content (AvgIpc) is 2.17. The summed E-state index contributed by atoms with van der Waals surface area (Å²) in [5.41, 5.74) is -0.644. The minimum absolute atomic E-state index is 0.118. The first kappa shape index (κ1) is 16.8. The molecule has 0 rings (SSSR count). The Kier molecular flexibility index (Phi) is 9.79. The molecule has 0 atom stereocenters. The van der Waals surface area contributed by atoms with Crippen LogP contribution in [-0.2, 0) is 4.79 Å². The second kappa shape index (κ2) is 8.72. The summed E-state index contributed by atoms with van der Waals surface area (Å²) in [5, 5.41) is 11.1. The van der Waals surface area contributed by atoms with Crippen LogP contribution >= 0.6 is 0 Å². The Bertz CT molecular complexity index is 165.